The van der Waals surface area contributed by atoms with Gasteiger partial charge in [0.05, 0.1) is 5.69 Å². The molecule has 1 N–H and O–H groups in total. The number of ether oxygens (including phenoxy) is 2. The van der Waals surface area contributed by atoms with Gasteiger partial charge in [0, 0.05) is 16.3 Å². The molecule has 0 aliphatic carbocycles. The molecule has 0 saturated carbocycles. The number of aromatic nitrogens is 3. The highest BCUT2D eigenvalue weighted by Gasteiger charge is 2.31. The summed E-state index contributed by atoms with van der Waals surface area (Å²) in [5.41, 5.74) is 3.11. The first kappa shape index (κ1) is 22.7. The number of nitrogens with zero attached hydrogens (tertiary/aromatic N) is 4. The molecule has 11 heteroatoms. The molecule has 7 nitrogen and oxygen atoms in total. The number of benzene rings is 3. The van der Waals surface area contributed by atoms with E-state index in [4.69, 9.17) is 16.3 Å². The Hall–Kier alpha value is -4.05. The summed E-state index contributed by atoms with van der Waals surface area (Å²) in [5, 5.41) is 8.22. The van der Waals surface area contributed by atoms with E-state index in [1.54, 1.807) is 0 Å². The summed E-state index contributed by atoms with van der Waals surface area (Å²) in [6.07, 6.45) is -3.25. The summed E-state index contributed by atoms with van der Waals surface area (Å²) in [4.78, 5) is 8.86. The molecule has 0 fully saturated rings. The maximum atomic E-state index is 12.3. The number of rotatable bonds is 5. The Morgan fingerprint density at radius 2 is 1.69 bits per heavy atom. The Morgan fingerprint density at radius 3 is 2.37 bits per heavy atom. The molecule has 1 atom stereocenters. The molecule has 1 unspecified atom stereocenters. The molecular formula is C24H17ClF3N5O2. The third-order valence-electron chi connectivity index (χ3n) is 5.13. The smallest absolute Gasteiger partial charge is 0.462 e. The van der Waals surface area contributed by atoms with Crippen molar-refractivity contribution >= 4 is 23.3 Å². The van der Waals surface area contributed by atoms with E-state index in [-0.39, 0.29) is 11.8 Å². The van der Waals surface area contributed by atoms with Gasteiger partial charge in [-0.3, -0.25) is 0 Å². The van der Waals surface area contributed by atoms with Crippen LogP contribution in [0, 0.1) is 0 Å². The molecule has 35 heavy (non-hydrogen) atoms. The van der Waals surface area contributed by atoms with Gasteiger partial charge >= 0.3 is 6.36 Å². The number of hydrogen-bond acceptors (Lipinski definition) is 6. The second kappa shape index (κ2) is 9.30. The minimum Gasteiger partial charge on any atom is -0.462 e. The zero-order valence-corrected chi connectivity index (χ0v) is 18.7. The zero-order valence-electron chi connectivity index (χ0n) is 17.9. The van der Waals surface area contributed by atoms with Gasteiger partial charge in [0.2, 0.25) is 0 Å². The van der Waals surface area contributed by atoms with Gasteiger partial charge in [0.1, 0.15) is 24.7 Å². The zero-order chi connectivity index (χ0) is 24.4. The highest BCUT2D eigenvalue weighted by Crippen LogP contribution is 2.26. The first-order chi connectivity index (χ1) is 16.8. The van der Waals surface area contributed by atoms with E-state index in [1.807, 2.05) is 48.5 Å². The average molecular weight is 500 g/mol. The summed E-state index contributed by atoms with van der Waals surface area (Å²) in [6, 6.07) is 20.6. The van der Waals surface area contributed by atoms with Gasteiger partial charge < -0.3 is 14.8 Å². The van der Waals surface area contributed by atoms with E-state index in [1.165, 1.54) is 35.3 Å². The predicted octanol–water partition coefficient (Wildman–Crippen LogP) is 6.03. The number of anilines is 1. The average Bonchev–Trinajstić information content (AvgIpc) is 3.50. The molecule has 0 spiro atoms. The highest BCUT2D eigenvalue weighted by molar-refractivity contribution is 6.30. The van der Waals surface area contributed by atoms with Gasteiger partial charge in [0.15, 0.2) is 5.82 Å². The van der Waals surface area contributed by atoms with Crippen molar-refractivity contribution in [1.82, 2.24) is 14.8 Å². The van der Waals surface area contributed by atoms with E-state index in [0.717, 1.165) is 16.8 Å². The van der Waals surface area contributed by atoms with Crippen molar-refractivity contribution in [2.45, 2.75) is 12.4 Å². The fourth-order valence-electron chi connectivity index (χ4n) is 3.44. The first-order valence-electron chi connectivity index (χ1n) is 10.4. The van der Waals surface area contributed by atoms with Crippen LogP contribution in [-0.2, 0) is 4.74 Å². The molecule has 0 saturated heterocycles. The monoisotopic (exact) mass is 499 g/mol. The summed E-state index contributed by atoms with van der Waals surface area (Å²) >= 11 is 5.94. The van der Waals surface area contributed by atoms with Gasteiger partial charge in [-0.1, -0.05) is 23.7 Å². The number of aliphatic imine (C=N–C) groups is 1. The van der Waals surface area contributed by atoms with Crippen molar-refractivity contribution in [2.24, 2.45) is 4.99 Å². The number of halogens is 4. The normalized spacial score (nSPS) is 15.4. The Labute approximate surface area is 202 Å². The van der Waals surface area contributed by atoms with E-state index >= 15 is 0 Å². The quantitative estimate of drug-likeness (QED) is 0.363. The number of nitrogens with one attached hydrogen (secondary N) is 1. The SMILES string of the molecule is FC(F)(F)Oc1ccc(-n2cnc(-c3ccc(NC4=NC(c5ccc(Cl)cc5)CO4)cc3)n2)cc1. The first-order valence-corrected chi connectivity index (χ1v) is 10.8. The minimum atomic E-state index is -4.74. The summed E-state index contributed by atoms with van der Waals surface area (Å²) in [5.74, 6) is 0.157. The molecule has 1 aliphatic rings. The Bertz CT molecular complexity index is 1340. The van der Waals surface area contributed by atoms with Gasteiger partial charge in [0.25, 0.3) is 6.02 Å². The van der Waals surface area contributed by atoms with Crippen LogP contribution in [0.1, 0.15) is 11.6 Å². The Kier molecular flexibility index (Phi) is 6.04. The summed E-state index contributed by atoms with van der Waals surface area (Å²) in [7, 11) is 0. The lowest BCUT2D eigenvalue weighted by atomic mass is 10.1. The molecule has 5 rings (SSSR count). The van der Waals surface area contributed by atoms with Crippen molar-refractivity contribution < 1.29 is 22.6 Å². The van der Waals surface area contributed by atoms with Crippen LogP contribution in [0.25, 0.3) is 17.1 Å². The fourth-order valence-corrected chi connectivity index (χ4v) is 3.57. The van der Waals surface area contributed by atoms with Crippen LogP contribution in [0.2, 0.25) is 5.02 Å². The molecule has 0 amide bonds. The van der Waals surface area contributed by atoms with E-state index in [9.17, 15) is 13.2 Å². The largest absolute Gasteiger partial charge is 0.573 e. The van der Waals surface area contributed by atoms with Crippen molar-refractivity contribution in [3.8, 4) is 22.8 Å². The van der Waals surface area contributed by atoms with Crippen molar-refractivity contribution in [2.75, 3.05) is 11.9 Å². The van der Waals surface area contributed by atoms with Crippen molar-refractivity contribution in [1.29, 1.82) is 0 Å². The molecular weight excluding hydrogens is 483 g/mol. The maximum absolute atomic E-state index is 12.3. The van der Waals surface area contributed by atoms with E-state index in [2.05, 4.69) is 25.1 Å². The third-order valence-corrected chi connectivity index (χ3v) is 5.38. The van der Waals surface area contributed by atoms with Gasteiger partial charge in [-0.2, -0.15) is 0 Å². The van der Waals surface area contributed by atoms with Gasteiger partial charge in [-0.05, 0) is 66.2 Å². The van der Waals surface area contributed by atoms with Crippen LogP contribution in [0.15, 0.2) is 84.1 Å². The second-order valence-corrected chi connectivity index (χ2v) is 8.01. The molecule has 0 radical (unpaired) electrons. The highest BCUT2D eigenvalue weighted by atomic mass is 35.5. The number of hydrogen-bond donors (Lipinski definition) is 1. The lowest BCUT2D eigenvalue weighted by Crippen LogP contribution is -2.17. The van der Waals surface area contributed by atoms with Crippen LogP contribution in [0.5, 0.6) is 5.75 Å². The van der Waals surface area contributed by atoms with Crippen LogP contribution in [-0.4, -0.2) is 33.8 Å². The molecule has 178 valence electrons. The number of alkyl halides is 3. The van der Waals surface area contributed by atoms with Gasteiger partial charge in [-0.15, -0.1) is 18.3 Å². The molecule has 1 aromatic heterocycles. The van der Waals surface area contributed by atoms with E-state index in [0.29, 0.717) is 29.2 Å². The van der Waals surface area contributed by atoms with Crippen LogP contribution < -0.4 is 10.1 Å². The van der Waals surface area contributed by atoms with Gasteiger partial charge in [-0.25, -0.2) is 14.7 Å². The lowest BCUT2D eigenvalue weighted by Gasteiger charge is -2.09. The molecule has 1 aliphatic heterocycles. The predicted molar refractivity (Wildman–Crippen MR) is 125 cm³/mol. The maximum Gasteiger partial charge on any atom is 0.573 e. The van der Waals surface area contributed by atoms with Crippen LogP contribution in [0.4, 0.5) is 18.9 Å². The molecule has 3 aromatic carbocycles. The minimum absolute atomic E-state index is 0.101. The van der Waals surface area contributed by atoms with Crippen LogP contribution in [0.3, 0.4) is 0 Å². The van der Waals surface area contributed by atoms with Crippen molar-refractivity contribution in [3.05, 3.63) is 89.7 Å². The Balaban J connectivity index is 1.23. The van der Waals surface area contributed by atoms with Crippen molar-refractivity contribution in [3.63, 3.8) is 0 Å². The Morgan fingerprint density at radius 1 is 0.971 bits per heavy atom. The summed E-state index contributed by atoms with van der Waals surface area (Å²) in [6.45, 7) is 0.437. The third kappa shape index (κ3) is 5.55. The summed E-state index contributed by atoms with van der Waals surface area (Å²) < 4.78 is 48.0. The molecule has 2 heterocycles. The standard InChI is InChI=1S/C24H17ClF3N5O2/c25-17-5-1-15(2-6-17)21-13-34-23(31-21)30-18-7-3-16(4-8-18)22-29-14-33(32-22)19-9-11-20(12-10-19)35-24(26,27)28/h1-12,14,21H,13H2,(H,30,31). The lowest BCUT2D eigenvalue weighted by molar-refractivity contribution is -0.274. The fraction of sp³-hybridized carbons (Fsp3) is 0.125. The topological polar surface area (TPSA) is 73.6 Å². The molecule has 0 bridgehead atoms. The van der Waals surface area contributed by atoms with Crippen LogP contribution >= 0.6 is 11.6 Å². The second-order valence-electron chi connectivity index (χ2n) is 7.57. The van der Waals surface area contributed by atoms with E-state index < -0.39 is 6.36 Å². The molecule has 4 aromatic rings. The number of amidine groups is 1.